The van der Waals surface area contributed by atoms with Crippen LogP contribution in [0.1, 0.15) is 26.2 Å². The standard InChI is InChI=1S/C8H14S/c1-6-5-9-8-4-2-3-7(6)8/h6-8H,2-5H2,1H3. The van der Waals surface area contributed by atoms with Gasteiger partial charge in [-0.1, -0.05) is 13.3 Å². The van der Waals surface area contributed by atoms with Crippen LogP contribution in [0.5, 0.6) is 0 Å². The molecule has 0 N–H and O–H groups in total. The molecule has 0 nitrogen and oxygen atoms in total. The van der Waals surface area contributed by atoms with E-state index in [2.05, 4.69) is 18.7 Å². The molecule has 1 saturated carbocycles. The quantitative estimate of drug-likeness (QED) is 0.501. The Labute approximate surface area is 61.4 Å². The first-order chi connectivity index (χ1) is 4.38. The lowest BCUT2D eigenvalue weighted by Gasteiger charge is -2.10. The van der Waals surface area contributed by atoms with E-state index in [1.54, 1.807) is 0 Å². The van der Waals surface area contributed by atoms with Crippen LogP contribution in [-0.4, -0.2) is 11.0 Å². The molecule has 1 aliphatic carbocycles. The molecule has 1 heterocycles. The number of thioether (sulfide) groups is 1. The van der Waals surface area contributed by atoms with Crippen LogP contribution in [-0.2, 0) is 0 Å². The normalized spacial score (nSPS) is 49.7. The first-order valence-electron chi connectivity index (χ1n) is 3.99. The minimum atomic E-state index is 1.03. The van der Waals surface area contributed by atoms with Crippen LogP contribution in [0.3, 0.4) is 0 Å². The summed E-state index contributed by atoms with van der Waals surface area (Å²) in [6.45, 7) is 2.42. The minimum Gasteiger partial charge on any atom is -0.158 e. The molecule has 9 heavy (non-hydrogen) atoms. The van der Waals surface area contributed by atoms with Crippen molar-refractivity contribution >= 4 is 11.8 Å². The van der Waals surface area contributed by atoms with Crippen molar-refractivity contribution in [1.82, 2.24) is 0 Å². The lowest BCUT2D eigenvalue weighted by atomic mass is 9.95. The highest BCUT2D eigenvalue weighted by Gasteiger charge is 2.36. The van der Waals surface area contributed by atoms with Gasteiger partial charge in [0.2, 0.25) is 0 Å². The smallest absolute Gasteiger partial charge is 0.00782 e. The van der Waals surface area contributed by atoms with Gasteiger partial charge in [0.1, 0.15) is 0 Å². The summed E-state index contributed by atoms with van der Waals surface area (Å²) < 4.78 is 0. The van der Waals surface area contributed by atoms with Gasteiger partial charge >= 0.3 is 0 Å². The molecule has 52 valence electrons. The van der Waals surface area contributed by atoms with Crippen LogP contribution < -0.4 is 0 Å². The molecule has 2 rings (SSSR count). The third-order valence-electron chi connectivity index (χ3n) is 2.81. The summed E-state index contributed by atoms with van der Waals surface area (Å²) >= 11 is 2.22. The molecule has 0 aromatic rings. The van der Waals surface area contributed by atoms with E-state index in [1.807, 2.05) is 0 Å². The molecule has 0 radical (unpaired) electrons. The van der Waals surface area contributed by atoms with Gasteiger partial charge in [-0.15, -0.1) is 0 Å². The van der Waals surface area contributed by atoms with Gasteiger partial charge in [-0.25, -0.2) is 0 Å². The molecule has 0 aromatic carbocycles. The highest BCUT2D eigenvalue weighted by Crippen LogP contribution is 2.46. The van der Waals surface area contributed by atoms with Crippen molar-refractivity contribution in [3.63, 3.8) is 0 Å². The highest BCUT2D eigenvalue weighted by atomic mass is 32.2. The van der Waals surface area contributed by atoms with Crippen LogP contribution in [0, 0.1) is 11.8 Å². The first-order valence-corrected chi connectivity index (χ1v) is 5.04. The molecular formula is C8H14S. The van der Waals surface area contributed by atoms with Crippen molar-refractivity contribution in [3.8, 4) is 0 Å². The summed E-state index contributed by atoms with van der Waals surface area (Å²) in [7, 11) is 0. The molecular weight excluding hydrogens is 128 g/mol. The monoisotopic (exact) mass is 142 g/mol. The SMILES string of the molecule is CC1CSC2CCCC12. The van der Waals surface area contributed by atoms with Crippen molar-refractivity contribution in [2.45, 2.75) is 31.4 Å². The zero-order chi connectivity index (χ0) is 6.27. The van der Waals surface area contributed by atoms with E-state index in [4.69, 9.17) is 0 Å². The molecule has 3 atom stereocenters. The van der Waals surface area contributed by atoms with Crippen molar-refractivity contribution in [2.75, 3.05) is 5.75 Å². The van der Waals surface area contributed by atoms with Gasteiger partial charge in [0.25, 0.3) is 0 Å². The van der Waals surface area contributed by atoms with Crippen LogP contribution in [0.2, 0.25) is 0 Å². The topological polar surface area (TPSA) is 0 Å². The van der Waals surface area contributed by atoms with E-state index >= 15 is 0 Å². The Kier molecular flexibility index (Phi) is 1.48. The van der Waals surface area contributed by atoms with Crippen LogP contribution in [0.25, 0.3) is 0 Å². The van der Waals surface area contributed by atoms with Crippen LogP contribution in [0.4, 0.5) is 0 Å². The number of fused-ring (bicyclic) bond motifs is 1. The van der Waals surface area contributed by atoms with Crippen molar-refractivity contribution < 1.29 is 0 Å². The third kappa shape index (κ3) is 0.899. The Morgan fingerprint density at radius 1 is 1.33 bits per heavy atom. The van der Waals surface area contributed by atoms with Gasteiger partial charge in [0.15, 0.2) is 0 Å². The molecule has 2 aliphatic rings. The second-order valence-electron chi connectivity index (χ2n) is 3.44. The first kappa shape index (κ1) is 6.09. The Bertz CT molecular complexity index is 111. The molecule has 0 bridgehead atoms. The fourth-order valence-corrected chi connectivity index (χ4v) is 3.99. The average Bonchev–Trinajstić information content (AvgIpc) is 2.35. The maximum absolute atomic E-state index is 2.42. The Balaban J connectivity index is 2.07. The van der Waals surface area contributed by atoms with E-state index in [9.17, 15) is 0 Å². The Morgan fingerprint density at radius 2 is 2.22 bits per heavy atom. The molecule has 0 aromatic heterocycles. The lowest BCUT2D eigenvalue weighted by Crippen LogP contribution is -2.09. The lowest BCUT2D eigenvalue weighted by molar-refractivity contribution is 0.432. The van der Waals surface area contributed by atoms with Crippen molar-refractivity contribution in [2.24, 2.45) is 11.8 Å². The summed E-state index contributed by atoms with van der Waals surface area (Å²) in [6, 6.07) is 0. The maximum Gasteiger partial charge on any atom is 0.00782 e. The van der Waals surface area contributed by atoms with Crippen molar-refractivity contribution in [1.29, 1.82) is 0 Å². The highest BCUT2D eigenvalue weighted by molar-refractivity contribution is 8.00. The van der Waals surface area contributed by atoms with Gasteiger partial charge < -0.3 is 0 Å². The molecule has 0 amide bonds. The van der Waals surface area contributed by atoms with Crippen LogP contribution >= 0.6 is 11.8 Å². The minimum absolute atomic E-state index is 1.03. The van der Waals surface area contributed by atoms with Gasteiger partial charge in [0, 0.05) is 5.25 Å². The second kappa shape index (κ2) is 2.19. The molecule has 1 aliphatic heterocycles. The molecule has 1 heteroatoms. The van der Waals surface area contributed by atoms with E-state index in [1.165, 1.54) is 25.0 Å². The molecule has 3 unspecified atom stereocenters. The zero-order valence-electron chi connectivity index (χ0n) is 5.97. The molecule has 1 saturated heterocycles. The van der Waals surface area contributed by atoms with E-state index < -0.39 is 0 Å². The second-order valence-corrected chi connectivity index (χ2v) is 4.72. The van der Waals surface area contributed by atoms with E-state index in [0.717, 1.165) is 17.1 Å². The number of hydrogen-bond donors (Lipinski definition) is 0. The van der Waals surface area contributed by atoms with Gasteiger partial charge in [-0.3, -0.25) is 0 Å². The molecule has 2 fully saturated rings. The largest absolute Gasteiger partial charge is 0.158 e. The predicted octanol–water partition coefficient (Wildman–Crippen LogP) is 2.54. The summed E-state index contributed by atoms with van der Waals surface area (Å²) in [6.07, 6.45) is 4.55. The van der Waals surface area contributed by atoms with Gasteiger partial charge in [-0.2, -0.15) is 11.8 Å². The van der Waals surface area contributed by atoms with Crippen LogP contribution in [0.15, 0.2) is 0 Å². The number of hydrogen-bond acceptors (Lipinski definition) is 1. The summed E-state index contributed by atoms with van der Waals surface area (Å²) in [5, 5.41) is 1.07. The zero-order valence-corrected chi connectivity index (χ0v) is 6.79. The Hall–Kier alpha value is 0.350. The number of rotatable bonds is 0. The van der Waals surface area contributed by atoms with E-state index in [-0.39, 0.29) is 0 Å². The van der Waals surface area contributed by atoms with Gasteiger partial charge in [0.05, 0.1) is 0 Å². The third-order valence-corrected chi connectivity index (χ3v) is 4.54. The van der Waals surface area contributed by atoms with E-state index in [0.29, 0.717) is 0 Å². The molecule has 0 spiro atoms. The fourth-order valence-electron chi connectivity index (χ4n) is 2.21. The maximum atomic E-state index is 2.42. The summed E-state index contributed by atoms with van der Waals surface area (Å²) in [4.78, 5) is 0. The Morgan fingerprint density at radius 3 is 3.00 bits per heavy atom. The van der Waals surface area contributed by atoms with Gasteiger partial charge in [-0.05, 0) is 30.4 Å². The predicted molar refractivity (Wildman–Crippen MR) is 42.8 cm³/mol. The summed E-state index contributed by atoms with van der Waals surface area (Å²) in [5.41, 5.74) is 0. The average molecular weight is 142 g/mol. The fraction of sp³-hybridized carbons (Fsp3) is 1.00. The summed E-state index contributed by atoms with van der Waals surface area (Å²) in [5.74, 6) is 3.58. The van der Waals surface area contributed by atoms with Crippen molar-refractivity contribution in [3.05, 3.63) is 0 Å².